The van der Waals surface area contributed by atoms with Crippen molar-refractivity contribution in [3.05, 3.63) is 41.7 Å². The molecule has 0 spiro atoms. The van der Waals surface area contributed by atoms with E-state index in [1.807, 2.05) is 6.92 Å². The highest BCUT2D eigenvalue weighted by atomic mass is 32.2. The van der Waals surface area contributed by atoms with Crippen molar-refractivity contribution in [2.45, 2.75) is 43.7 Å². The van der Waals surface area contributed by atoms with Gasteiger partial charge in [0, 0.05) is 5.69 Å². The number of rotatable bonds is 6. The smallest absolute Gasteiger partial charge is 0.237 e. The van der Waals surface area contributed by atoms with Crippen LogP contribution < -0.4 is 5.14 Å². The molecule has 2 N–H and O–H groups in total. The van der Waals surface area contributed by atoms with Crippen molar-refractivity contribution in [1.29, 1.82) is 0 Å². The van der Waals surface area contributed by atoms with Crippen LogP contribution in [0.4, 0.5) is 13.2 Å². The molecule has 0 fully saturated rings. The third kappa shape index (κ3) is 4.35. The molecule has 1 aromatic heterocycles. The monoisotopic (exact) mass is 361 g/mol. The molecule has 2 aromatic rings. The zero-order valence-corrected chi connectivity index (χ0v) is 13.9. The number of benzene rings is 1. The van der Waals surface area contributed by atoms with Gasteiger partial charge in [0.1, 0.15) is 0 Å². The standard InChI is InChI=1S/C15H18F3N3O2S/c1-2-3-4-5-12-10-14(15(16,17)18)20-21(12)11-6-8-13(9-7-11)24(19,22)23/h6-10H,2-5H2,1H3,(H2,19,22,23). The van der Waals surface area contributed by atoms with Gasteiger partial charge in [-0.05, 0) is 43.2 Å². The highest BCUT2D eigenvalue weighted by molar-refractivity contribution is 7.89. The molecular formula is C15H18F3N3O2S. The number of nitrogens with zero attached hydrogens (tertiary/aromatic N) is 2. The fourth-order valence-corrected chi connectivity index (χ4v) is 2.81. The van der Waals surface area contributed by atoms with Crippen LogP contribution in [-0.2, 0) is 22.6 Å². The molecule has 0 amide bonds. The number of hydrogen-bond acceptors (Lipinski definition) is 3. The third-order valence-corrected chi connectivity index (χ3v) is 4.45. The number of alkyl halides is 3. The molecule has 0 unspecified atom stereocenters. The molecule has 24 heavy (non-hydrogen) atoms. The molecular weight excluding hydrogens is 343 g/mol. The maximum atomic E-state index is 12.9. The highest BCUT2D eigenvalue weighted by Gasteiger charge is 2.35. The van der Waals surface area contributed by atoms with Crippen LogP contribution in [0.2, 0.25) is 0 Å². The van der Waals surface area contributed by atoms with Gasteiger partial charge in [-0.1, -0.05) is 19.8 Å². The lowest BCUT2D eigenvalue weighted by Crippen LogP contribution is -2.12. The number of aromatic nitrogens is 2. The maximum Gasteiger partial charge on any atom is 0.435 e. The second-order valence-electron chi connectivity index (χ2n) is 5.43. The number of unbranched alkanes of at least 4 members (excludes halogenated alkanes) is 2. The quantitative estimate of drug-likeness (QED) is 0.802. The minimum atomic E-state index is -4.54. The van der Waals surface area contributed by atoms with Crippen molar-refractivity contribution in [2.24, 2.45) is 5.14 Å². The Balaban J connectivity index is 2.41. The molecule has 0 aliphatic heterocycles. The lowest BCUT2D eigenvalue weighted by Gasteiger charge is -2.08. The van der Waals surface area contributed by atoms with E-state index >= 15 is 0 Å². The summed E-state index contributed by atoms with van der Waals surface area (Å²) in [5, 5.41) is 8.65. The van der Waals surface area contributed by atoms with E-state index in [0.717, 1.165) is 25.3 Å². The number of nitrogens with two attached hydrogens (primary N) is 1. The van der Waals surface area contributed by atoms with Gasteiger partial charge in [0.25, 0.3) is 0 Å². The maximum absolute atomic E-state index is 12.9. The van der Waals surface area contributed by atoms with Crippen LogP contribution >= 0.6 is 0 Å². The molecule has 9 heteroatoms. The fraction of sp³-hybridized carbons (Fsp3) is 0.400. The summed E-state index contributed by atoms with van der Waals surface area (Å²) < 4.78 is 62.5. The van der Waals surface area contributed by atoms with E-state index in [2.05, 4.69) is 5.10 Å². The van der Waals surface area contributed by atoms with Crippen molar-refractivity contribution < 1.29 is 21.6 Å². The second kappa shape index (κ2) is 6.94. The Morgan fingerprint density at radius 1 is 1.17 bits per heavy atom. The van der Waals surface area contributed by atoms with Gasteiger partial charge in [-0.25, -0.2) is 18.2 Å². The molecule has 0 saturated heterocycles. The molecule has 0 aliphatic rings. The first-order chi connectivity index (χ1) is 11.1. The van der Waals surface area contributed by atoms with E-state index in [1.54, 1.807) is 0 Å². The Morgan fingerprint density at radius 2 is 1.79 bits per heavy atom. The van der Waals surface area contributed by atoms with Crippen molar-refractivity contribution in [1.82, 2.24) is 9.78 Å². The lowest BCUT2D eigenvalue weighted by atomic mass is 10.1. The number of halogens is 3. The summed E-state index contributed by atoms with van der Waals surface area (Å²) in [5.41, 5.74) is -0.187. The molecule has 0 saturated carbocycles. The van der Waals surface area contributed by atoms with Crippen LogP contribution in [-0.4, -0.2) is 18.2 Å². The average Bonchev–Trinajstić information content (AvgIpc) is 2.91. The summed E-state index contributed by atoms with van der Waals surface area (Å²) in [6.45, 7) is 2.00. The van der Waals surface area contributed by atoms with Crippen LogP contribution in [0.3, 0.4) is 0 Å². The third-order valence-electron chi connectivity index (χ3n) is 3.52. The molecule has 0 bridgehead atoms. The average molecular weight is 361 g/mol. The number of sulfonamides is 1. The van der Waals surface area contributed by atoms with E-state index in [1.165, 1.54) is 28.9 Å². The molecule has 1 heterocycles. The van der Waals surface area contributed by atoms with E-state index in [4.69, 9.17) is 5.14 Å². The van der Waals surface area contributed by atoms with Gasteiger partial charge < -0.3 is 0 Å². The Kier molecular flexibility index (Phi) is 5.34. The topological polar surface area (TPSA) is 78.0 Å². The van der Waals surface area contributed by atoms with Crippen molar-refractivity contribution in [3.63, 3.8) is 0 Å². The zero-order valence-electron chi connectivity index (χ0n) is 13.0. The lowest BCUT2D eigenvalue weighted by molar-refractivity contribution is -0.141. The van der Waals surface area contributed by atoms with Crippen LogP contribution in [0.5, 0.6) is 0 Å². The normalized spacial score (nSPS) is 12.5. The number of aryl methyl sites for hydroxylation is 1. The van der Waals surface area contributed by atoms with Crippen molar-refractivity contribution in [3.8, 4) is 5.69 Å². The summed E-state index contributed by atoms with van der Waals surface area (Å²) in [4.78, 5) is -0.109. The van der Waals surface area contributed by atoms with Crippen molar-refractivity contribution >= 4 is 10.0 Å². The largest absolute Gasteiger partial charge is 0.435 e. The first-order valence-electron chi connectivity index (χ1n) is 7.42. The number of primary sulfonamides is 1. The zero-order chi connectivity index (χ0) is 18.0. The fourth-order valence-electron chi connectivity index (χ4n) is 2.29. The summed E-state index contributed by atoms with van der Waals surface area (Å²) in [5.74, 6) is 0. The van der Waals surface area contributed by atoms with Gasteiger partial charge in [0.05, 0.1) is 10.6 Å². The first kappa shape index (κ1) is 18.5. The van der Waals surface area contributed by atoms with E-state index in [0.29, 0.717) is 17.8 Å². The second-order valence-corrected chi connectivity index (χ2v) is 6.99. The van der Waals surface area contributed by atoms with E-state index < -0.39 is 21.9 Å². The molecule has 132 valence electrons. The Morgan fingerprint density at radius 3 is 2.29 bits per heavy atom. The molecule has 5 nitrogen and oxygen atoms in total. The minimum absolute atomic E-state index is 0.109. The Bertz CT molecular complexity index is 796. The first-order valence-corrected chi connectivity index (χ1v) is 8.97. The minimum Gasteiger partial charge on any atom is -0.237 e. The Labute approximate surface area is 138 Å². The van der Waals surface area contributed by atoms with Crippen LogP contribution in [0, 0.1) is 0 Å². The summed E-state index contributed by atoms with van der Waals surface area (Å²) in [7, 11) is -3.86. The van der Waals surface area contributed by atoms with Gasteiger partial charge >= 0.3 is 6.18 Å². The van der Waals surface area contributed by atoms with Gasteiger partial charge in [-0.3, -0.25) is 0 Å². The Hall–Kier alpha value is -1.87. The SMILES string of the molecule is CCCCCc1cc(C(F)(F)F)nn1-c1ccc(S(N)(=O)=O)cc1. The molecule has 0 aliphatic carbocycles. The van der Waals surface area contributed by atoms with Gasteiger partial charge in [-0.2, -0.15) is 18.3 Å². The van der Waals surface area contributed by atoms with E-state index in [-0.39, 0.29) is 4.90 Å². The molecule has 0 radical (unpaired) electrons. The van der Waals surface area contributed by atoms with Crippen LogP contribution in [0.15, 0.2) is 35.2 Å². The van der Waals surface area contributed by atoms with Gasteiger partial charge in [-0.15, -0.1) is 0 Å². The summed E-state index contributed by atoms with van der Waals surface area (Å²) >= 11 is 0. The predicted molar refractivity (Wildman–Crippen MR) is 83.2 cm³/mol. The molecule has 0 atom stereocenters. The van der Waals surface area contributed by atoms with Crippen LogP contribution in [0.25, 0.3) is 5.69 Å². The van der Waals surface area contributed by atoms with Gasteiger partial charge in [0.2, 0.25) is 10.0 Å². The summed E-state index contributed by atoms with van der Waals surface area (Å²) in [6, 6.07) is 6.29. The van der Waals surface area contributed by atoms with E-state index in [9.17, 15) is 21.6 Å². The van der Waals surface area contributed by atoms with Gasteiger partial charge in [0.15, 0.2) is 5.69 Å². The molecule has 2 rings (SSSR count). The summed E-state index contributed by atoms with van der Waals surface area (Å²) in [6.07, 6.45) is -1.49. The predicted octanol–water partition coefficient (Wildman–Crippen LogP) is 3.27. The molecule has 1 aromatic carbocycles. The van der Waals surface area contributed by atoms with Crippen LogP contribution in [0.1, 0.15) is 37.6 Å². The van der Waals surface area contributed by atoms with Crippen molar-refractivity contribution in [2.75, 3.05) is 0 Å². The highest BCUT2D eigenvalue weighted by Crippen LogP contribution is 2.30. The number of hydrogen-bond donors (Lipinski definition) is 1.